The lowest BCUT2D eigenvalue weighted by atomic mass is 10.1. The fraction of sp³-hybridized carbons (Fsp3) is 1.00. The van der Waals surface area contributed by atoms with Gasteiger partial charge in [0, 0.05) is 13.7 Å². The molecule has 3 heteroatoms. The molecule has 1 atom stereocenters. The molecule has 0 aromatic carbocycles. The topological polar surface area (TPSA) is 21.7 Å². The molecule has 0 amide bonds. The molecule has 1 heterocycles. The van der Waals surface area contributed by atoms with Gasteiger partial charge >= 0.3 is 0 Å². The van der Waals surface area contributed by atoms with E-state index in [9.17, 15) is 0 Å². The molecule has 0 saturated carbocycles. The van der Waals surface area contributed by atoms with Crippen LogP contribution in [0.3, 0.4) is 0 Å². The molecule has 1 rings (SSSR count). The molecule has 1 unspecified atom stereocenters. The lowest BCUT2D eigenvalue weighted by Gasteiger charge is -2.39. The van der Waals surface area contributed by atoms with E-state index >= 15 is 0 Å². The standard InChI is InChI=1S/C8H17NO2/c1-4-8(10-3)7-9(2)5-6-11-8/h4-7H2,1-3H3. The van der Waals surface area contributed by atoms with Gasteiger partial charge in [0.1, 0.15) is 0 Å². The van der Waals surface area contributed by atoms with Gasteiger partial charge in [-0.15, -0.1) is 0 Å². The average molecular weight is 159 g/mol. The molecule has 1 saturated heterocycles. The molecule has 0 spiro atoms. The number of hydrogen-bond acceptors (Lipinski definition) is 3. The van der Waals surface area contributed by atoms with Crippen molar-refractivity contribution in [3.63, 3.8) is 0 Å². The smallest absolute Gasteiger partial charge is 0.180 e. The monoisotopic (exact) mass is 159 g/mol. The second kappa shape index (κ2) is 3.52. The van der Waals surface area contributed by atoms with Crippen LogP contribution in [0.4, 0.5) is 0 Å². The highest BCUT2D eigenvalue weighted by Crippen LogP contribution is 2.21. The fourth-order valence-corrected chi connectivity index (χ4v) is 1.41. The minimum absolute atomic E-state index is 0.340. The molecule has 3 nitrogen and oxygen atoms in total. The van der Waals surface area contributed by atoms with E-state index < -0.39 is 0 Å². The molecular formula is C8H17NO2. The fourth-order valence-electron chi connectivity index (χ4n) is 1.41. The SMILES string of the molecule is CCC1(OC)CN(C)CCO1. The van der Waals surface area contributed by atoms with Gasteiger partial charge in [0.25, 0.3) is 0 Å². The van der Waals surface area contributed by atoms with E-state index in [0.717, 1.165) is 26.1 Å². The summed E-state index contributed by atoms with van der Waals surface area (Å²) >= 11 is 0. The zero-order valence-corrected chi connectivity index (χ0v) is 7.59. The maximum absolute atomic E-state index is 5.57. The van der Waals surface area contributed by atoms with Gasteiger partial charge < -0.3 is 9.47 Å². The summed E-state index contributed by atoms with van der Waals surface area (Å²) in [5.74, 6) is -0.340. The highest BCUT2D eigenvalue weighted by Gasteiger charge is 2.33. The van der Waals surface area contributed by atoms with Gasteiger partial charge in [0.15, 0.2) is 5.79 Å². The van der Waals surface area contributed by atoms with Crippen LogP contribution in [0.15, 0.2) is 0 Å². The number of ether oxygens (including phenoxy) is 2. The van der Waals surface area contributed by atoms with Crippen LogP contribution in [0, 0.1) is 0 Å². The highest BCUT2D eigenvalue weighted by molar-refractivity contribution is 4.75. The third-order valence-corrected chi connectivity index (χ3v) is 2.26. The minimum atomic E-state index is -0.340. The van der Waals surface area contributed by atoms with Gasteiger partial charge in [-0.05, 0) is 13.5 Å². The molecule has 1 fully saturated rings. The summed E-state index contributed by atoms with van der Waals surface area (Å²) in [5, 5.41) is 0. The largest absolute Gasteiger partial charge is 0.352 e. The van der Waals surface area contributed by atoms with Crippen molar-refractivity contribution in [1.29, 1.82) is 0 Å². The summed E-state index contributed by atoms with van der Waals surface area (Å²) in [6.07, 6.45) is 0.911. The lowest BCUT2D eigenvalue weighted by Crippen LogP contribution is -2.51. The third-order valence-electron chi connectivity index (χ3n) is 2.26. The second-order valence-corrected chi connectivity index (χ2v) is 3.05. The lowest BCUT2D eigenvalue weighted by molar-refractivity contribution is -0.253. The maximum atomic E-state index is 5.57. The number of nitrogens with zero attached hydrogens (tertiary/aromatic N) is 1. The van der Waals surface area contributed by atoms with E-state index in [1.54, 1.807) is 7.11 Å². The molecule has 0 aliphatic carbocycles. The van der Waals surface area contributed by atoms with E-state index in [1.807, 2.05) is 0 Å². The van der Waals surface area contributed by atoms with Crippen molar-refractivity contribution in [2.24, 2.45) is 0 Å². The Morgan fingerprint density at radius 3 is 2.73 bits per heavy atom. The second-order valence-electron chi connectivity index (χ2n) is 3.05. The zero-order chi connectivity index (χ0) is 8.32. The van der Waals surface area contributed by atoms with Gasteiger partial charge in [-0.3, -0.25) is 4.90 Å². The Kier molecular flexibility index (Phi) is 2.87. The first-order valence-electron chi connectivity index (χ1n) is 4.10. The van der Waals surface area contributed by atoms with Crippen LogP contribution in [-0.4, -0.2) is 44.5 Å². The number of morpholine rings is 1. The number of methoxy groups -OCH3 is 1. The van der Waals surface area contributed by atoms with Gasteiger partial charge in [-0.25, -0.2) is 0 Å². The van der Waals surface area contributed by atoms with Crippen molar-refractivity contribution in [3.05, 3.63) is 0 Å². The number of hydrogen-bond donors (Lipinski definition) is 0. The van der Waals surface area contributed by atoms with Crippen molar-refractivity contribution in [2.75, 3.05) is 33.9 Å². The first-order chi connectivity index (χ1) is 5.22. The number of likely N-dealkylation sites (N-methyl/N-ethyl adjacent to an activating group) is 1. The molecule has 0 aromatic heterocycles. The molecule has 0 bridgehead atoms. The predicted molar refractivity (Wildman–Crippen MR) is 43.5 cm³/mol. The Balaban J connectivity index is 2.52. The normalized spacial score (nSPS) is 34.1. The van der Waals surface area contributed by atoms with Crippen LogP contribution in [0.1, 0.15) is 13.3 Å². The maximum Gasteiger partial charge on any atom is 0.180 e. The summed E-state index contributed by atoms with van der Waals surface area (Å²) in [6.45, 7) is 4.74. The first-order valence-corrected chi connectivity index (χ1v) is 4.10. The third kappa shape index (κ3) is 1.92. The first kappa shape index (κ1) is 8.97. The molecule has 0 radical (unpaired) electrons. The Bertz CT molecular complexity index is 123. The van der Waals surface area contributed by atoms with Crippen LogP contribution in [0.5, 0.6) is 0 Å². The van der Waals surface area contributed by atoms with E-state index in [-0.39, 0.29) is 5.79 Å². The van der Waals surface area contributed by atoms with E-state index in [1.165, 1.54) is 0 Å². The summed E-state index contributed by atoms with van der Waals surface area (Å²) in [7, 11) is 3.80. The molecule has 1 aliphatic rings. The van der Waals surface area contributed by atoms with Crippen molar-refractivity contribution < 1.29 is 9.47 Å². The van der Waals surface area contributed by atoms with Crippen LogP contribution >= 0.6 is 0 Å². The van der Waals surface area contributed by atoms with E-state index in [4.69, 9.17) is 9.47 Å². The Hall–Kier alpha value is -0.120. The summed E-state index contributed by atoms with van der Waals surface area (Å²) in [5.41, 5.74) is 0. The van der Waals surface area contributed by atoms with Crippen molar-refractivity contribution in [1.82, 2.24) is 4.90 Å². The quantitative estimate of drug-likeness (QED) is 0.592. The molecule has 11 heavy (non-hydrogen) atoms. The van der Waals surface area contributed by atoms with Crippen molar-refractivity contribution in [2.45, 2.75) is 19.1 Å². The molecule has 0 N–H and O–H groups in total. The summed E-state index contributed by atoms with van der Waals surface area (Å²) in [6, 6.07) is 0. The molecule has 66 valence electrons. The summed E-state index contributed by atoms with van der Waals surface area (Å²) in [4.78, 5) is 2.23. The Morgan fingerprint density at radius 1 is 1.64 bits per heavy atom. The molecular weight excluding hydrogens is 142 g/mol. The Morgan fingerprint density at radius 2 is 2.36 bits per heavy atom. The predicted octanol–water partition coefficient (Wildman–Crippen LogP) is 0.701. The van der Waals surface area contributed by atoms with Gasteiger partial charge in [-0.1, -0.05) is 6.92 Å². The van der Waals surface area contributed by atoms with Crippen LogP contribution < -0.4 is 0 Å². The Labute approximate surface area is 68.3 Å². The highest BCUT2D eigenvalue weighted by atomic mass is 16.7. The van der Waals surface area contributed by atoms with E-state index in [0.29, 0.717) is 0 Å². The molecule has 0 aromatic rings. The number of rotatable bonds is 2. The van der Waals surface area contributed by atoms with Crippen molar-refractivity contribution in [3.8, 4) is 0 Å². The average Bonchev–Trinajstić information content (AvgIpc) is 2.04. The van der Waals surface area contributed by atoms with Gasteiger partial charge in [0.05, 0.1) is 13.2 Å². The van der Waals surface area contributed by atoms with Crippen molar-refractivity contribution >= 4 is 0 Å². The minimum Gasteiger partial charge on any atom is -0.352 e. The van der Waals surface area contributed by atoms with Crippen LogP contribution in [0.2, 0.25) is 0 Å². The molecule has 1 aliphatic heterocycles. The van der Waals surface area contributed by atoms with Gasteiger partial charge in [-0.2, -0.15) is 0 Å². The van der Waals surface area contributed by atoms with Crippen LogP contribution in [0.25, 0.3) is 0 Å². The van der Waals surface area contributed by atoms with Gasteiger partial charge in [0.2, 0.25) is 0 Å². The van der Waals surface area contributed by atoms with E-state index in [2.05, 4.69) is 18.9 Å². The van der Waals surface area contributed by atoms with Crippen LogP contribution in [-0.2, 0) is 9.47 Å². The summed E-state index contributed by atoms with van der Waals surface area (Å²) < 4.78 is 10.9. The zero-order valence-electron chi connectivity index (χ0n) is 7.59.